The number of fused-ring (bicyclic) bond motifs is 1. The molecule has 290 valence electrons. The van der Waals surface area contributed by atoms with Gasteiger partial charge in [0.25, 0.3) is 0 Å². The van der Waals surface area contributed by atoms with Crippen LogP contribution >= 0.6 is 0 Å². The van der Waals surface area contributed by atoms with Crippen LogP contribution in [0.15, 0.2) is 152 Å². The van der Waals surface area contributed by atoms with Gasteiger partial charge in [0.05, 0.1) is 22.3 Å². The molecule has 0 amide bonds. The van der Waals surface area contributed by atoms with Crippen molar-refractivity contribution in [1.29, 1.82) is 0 Å². The number of hydrogen-bond acceptors (Lipinski definition) is 3. The lowest BCUT2D eigenvalue weighted by atomic mass is 9.79. The lowest BCUT2D eigenvalue weighted by Crippen LogP contribution is -2.17. The van der Waals surface area contributed by atoms with E-state index in [0.717, 1.165) is 33.4 Å². The zero-order chi connectivity index (χ0) is 56.0. The molecule has 0 aliphatic rings. The molecule has 4 heteroatoms. The first-order valence-corrected chi connectivity index (χ1v) is 18.8. The molecule has 0 bridgehead atoms. The van der Waals surface area contributed by atoms with Gasteiger partial charge in [-0.2, -0.15) is 0 Å². The van der Waals surface area contributed by atoms with Crippen LogP contribution in [0.4, 0.5) is 0 Å². The second-order valence-corrected chi connectivity index (χ2v) is 15.6. The predicted octanol–water partition coefficient (Wildman–Crippen LogP) is 14.4. The van der Waals surface area contributed by atoms with Gasteiger partial charge in [-0.3, -0.25) is 9.55 Å². The van der Waals surface area contributed by atoms with Crippen LogP contribution in [-0.2, 0) is 16.2 Å². The third-order valence-corrected chi connectivity index (χ3v) is 10.4. The van der Waals surface area contributed by atoms with Crippen molar-refractivity contribution < 1.29 is 29.8 Å². The molecule has 0 fully saturated rings. The number of hydrogen-bond donors (Lipinski definition) is 1. The summed E-state index contributed by atoms with van der Waals surface area (Å²) in [5, 5.41) is 12.7. The van der Waals surface area contributed by atoms with E-state index in [2.05, 4.69) is 12.1 Å². The fourth-order valence-electron chi connectivity index (χ4n) is 7.28. The normalized spacial score (nSPS) is 18.2. The molecule has 0 saturated heterocycles. The minimum Gasteiger partial charge on any atom is -0.507 e. The van der Waals surface area contributed by atoms with Crippen LogP contribution in [0.3, 0.4) is 0 Å². The minimum absolute atomic E-state index is 0.201. The number of phenolic OH excluding ortho intramolecular Hbond substituents is 1. The zero-order valence-electron chi connectivity index (χ0n) is 50.2. The number of imidazole rings is 1. The molecule has 2 heterocycles. The predicted molar refractivity (Wildman–Crippen MR) is 244 cm³/mol. The van der Waals surface area contributed by atoms with Gasteiger partial charge in [-0.15, -0.1) is 0 Å². The first-order chi connectivity index (χ1) is 35.1. The number of phenols is 1. The fraction of sp³-hybridized carbons (Fsp3) is 0.222. The molecule has 6 aromatic carbocycles. The highest BCUT2D eigenvalue weighted by molar-refractivity contribution is 5.97. The van der Waals surface area contributed by atoms with Crippen LogP contribution in [0, 0.1) is 0 Å². The second kappa shape index (κ2) is 14.6. The van der Waals surface area contributed by atoms with Gasteiger partial charge in [0.15, 0.2) is 0 Å². The van der Waals surface area contributed by atoms with E-state index < -0.39 is 79.8 Å². The molecular weight excluding hydrogens is 707 g/mol. The standard InChI is InChI=1S/C54H53N3O/c1-52(2,3)41-30-39(29-40(31-41)47-32-38(27-28-55-47)37-25-23-36(24-26-37)35-17-12-10-13-18-35)44-21-16-22-48-49(44)56-51(57(48)43-19-14-11-15-20-43)45-33-42(53(4,5)6)34-46(50(45)58)54(7,8)9/h10-34,58H,1-9H3/i4D3,5D3,6D3,7D3,8D3,9D3. The molecule has 1 N–H and O–H groups in total. The molecule has 0 radical (unpaired) electrons. The van der Waals surface area contributed by atoms with E-state index in [-0.39, 0.29) is 17.4 Å². The first kappa shape index (κ1) is 22.6. The summed E-state index contributed by atoms with van der Waals surface area (Å²) in [5.41, 5.74) is -3.77. The Balaban J connectivity index is 1.46. The SMILES string of the molecule is [2H]C([2H])([2H])C(c1cc(-c2nc3c(-c4cc(-c5cc(-c6ccc(-c7ccccc7)cc6)ccn5)cc(C(C)(C)C)c4)cccc3n2-c2ccccc2)c(O)c(C(C([2H])([2H])[2H])(C([2H])([2H])[2H])C([2H])([2H])[2H])c1)(C([2H])([2H])[2H])C([2H])([2H])[2H]. The Kier molecular flexibility index (Phi) is 5.69. The molecular formula is C54H53N3O. The lowest BCUT2D eigenvalue weighted by Gasteiger charge is -2.27. The number of nitrogens with zero attached hydrogens (tertiary/aromatic N) is 3. The third-order valence-electron chi connectivity index (χ3n) is 10.4. The number of aromatic hydroxyl groups is 1. The number of benzene rings is 6. The summed E-state index contributed by atoms with van der Waals surface area (Å²) in [6, 6.07) is 42.4. The molecule has 0 aliphatic heterocycles. The Hall–Kier alpha value is -6.26. The highest BCUT2D eigenvalue weighted by Gasteiger charge is 2.29. The molecule has 0 spiro atoms. The highest BCUT2D eigenvalue weighted by atomic mass is 16.3. The van der Waals surface area contributed by atoms with Crippen LogP contribution < -0.4 is 0 Å². The Labute approximate surface area is 369 Å². The van der Waals surface area contributed by atoms with Crippen molar-refractivity contribution >= 4 is 11.0 Å². The van der Waals surface area contributed by atoms with Crippen molar-refractivity contribution in [1.82, 2.24) is 14.5 Å². The van der Waals surface area contributed by atoms with Gasteiger partial charge < -0.3 is 5.11 Å². The van der Waals surface area contributed by atoms with Crippen LogP contribution in [0.1, 0.15) is 103 Å². The average Bonchev–Trinajstić information content (AvgIpc) is 3.70. The van der Waals surface area contributed by atoms with Crippen LogP contribution in [-0.4, -0.2) is 19.6 Å². The quantitative estimate of drug-likeness (QED) is 0.183. The molecule has 0 saturated carbocycles. The highest BCUT2D eigenvalue weighted by Crippen LogP contribution is 2.45. The number of para-hydroxylation sites is 2. The monoisotopic (exact) mass is 778 g/mol. The van der Waals surface area contributed by atoms with Crippen molar-refractivity contribution in [2.24, 2.45) is 0 Å². The van der Waals surface area contributed by atoms with E-state index in [0.29, 0.717) is 34.1 Å². The summed E-state index contributed by atoms with van der Waals surface area (Å²) in [7, 11) is 0. The number of aromatic nitrogens is 3. The summed E-state index contributed by atoms with van der Waals surface area (Å²) in [4.78, 5) is 9.84. The van der Waals surface area contributed by atoms with Gasteiger partial charge in [0, 0.05) is 53.2 Å². The number of pyridine rings is 1. The van der Waals surface area contributed by atoms with Crippen molar-refractivity contribution in [2.45, 2.75) is 78.1 Å². The molecule has 0 atom stereocenters. The van der Waals surface area contributed by atoms with E-state index in [4.69, 9.17) is 34.6 Å². The smallest absolute Gasteiger partial charge is 0.149 e. The zero-order valence-corrected chi connectivity index (χ0v) is 32.2. The second-order valence-electron chi connectivity index (χ2n) is 15.6. The first-order valence-electron chi connectivity index (χ1n) is 27.8. The van der Waals surface area contributed by atoms with Gasteiger partial charge in [-0.1, -0.05) is 159 Å². The van der Waals surface area contributed by atoms with E-state index in [1.807, 2.05) is 93.6 Å². The molecule has 2 aromatic heterocycles. The van der Waals surface area contributed by atoms with E-state index in [1.54, 1.807) is 54.7 Å². The Morgan fingerprint density at radius 2 is 1.14 bits per heavy atom. The van der Waals surface area contributed by atoms with Gasteiger partial charge in [0.2, 0.25) is 0 Å². The van der Waals surface area contributed by atoms with Crippen LogP contribution in [0.25, 0.3) is 72.7 Å². The molecule has 8 rings (SSSR count). The topological polar surface area (TPSA) is 50.9 Å². The summed E-state index contributed by atoms with van der Waals surface area (Å²) >= 11 is 0. The van der Waals surface area contributed by atoms with Gasteiger partial charge in [-0.25, -0.2) is 4.98 Å². The summed E-state index contributed by atoms with van der Waals surface area (Å²) in [6.07, 6.45) is 1.72. The summed E-state index contributed by atoms with van der Waals surface area (Å²) in [6.45, 7) is -18.2. The van der Waals surface area contributed by atoms with Gasteiger partial charge in [0.1, 0.15) is 11.6 Å². The fourth-order valence-corrected chi connectivity index (χ4v) is 7.28. The maximum atomic E-state index is 12.7. The van der Waals surface area contributed by atoms with E-state index in [1.165, 1.54) is 4.57 Å². The Morgan fingerprint density at radius 1 is 0.517 bits per heavy atom. The Bertz CT molecular complexity index is 3360. The van der Waals surface area contributed by atoms with Crippen molar-refractivity contribution in [3.05, 3.63) is 168 Å². The molecule has 58 heavy (non-hydrogen) atoms. The van der Waals surface area contributed by atoms with E-state index >= 15 is 0 Å². The maximum absolute atomic E-state index is 12.7. The van der Waals surface area contributed by atoms with Crippen molar-refractivity contribution in [3.63, 3.8) is 0 Å². The Morgan fingerprint density at radius 3 is 1.81 bits per heavy atom. The largest absolute Gasteiger partial charge is 0.507 e. The average molecular weight is 778 g/mol. The molecule has 8 aromatic rings. The summed E-state index contributed by atoms with van der Waals surface area (Å²) in [5.74, 6) is -1.73. The van der Waals surface area contributed by atoms with Crippen LogP contribution in [0.5, 0.6) is 5.75 Å². The van der Waals surface area contributed by atoms with Gasteiger partial charge >= 0.3 is 0 Å². The van der Waals surface area contributed by atoms with E-state index in [9.17, 15) is 5.11 Å². The third kappa shape index (κ3) is 7.47. The summed E-state index contributed by atoms with van der Waals surface area (Å²) < 4.78 is 157. The van der Waals surface area contributed by atoms with Crippen LogP contribution in [0.2, 0.25) is 0 Å². The van der Waals surface area contributed by atoms with Gasteiger partial charge in [-0.05, 0) is 104 Å². The maximum Gasteiger partial charge on any atom is 0.149 e. The molecule has 0 unspecified atom stereocenters. The molecule has 0 aliphatic carbocycles. The minimum atomic E-state index is -4.10. The van der Waals surface area contributed by atoms with Crippen molar-refractivity contribution in [2.75, 3.05) is 0 Å². The number of rotatable bonds is 6. The molecule has 4 nitrogen and oxygen atoms in total. The van der Waals surface area contributed by atoms with Crippen molar-refractivity contribution in [3.8, 4) is 67.5 Å². The lowest BCUT2D eigenvalue weighted by molar-refractivity contribution is 0.446.